The molecule has 138 valence electrons. The van der Waals surface area contributed by atoms with Crippen LogP contribution in [0.15, 0.2) is 54.7 Å². The van der Waals surface area contributed by atoms with E-state index < -0.39 is 0 Å². The molecule has 2 saturated heterocycles. The SMILES string of the molecule is CC1CCN(c2cccnc2C2CN(c3ccc4ccccc4n3)C2)CC1. The molecule has 0 bridgehead atoms. The maximum absolute atomic E-state index is 4.84. The molecule has 0 N–H and O–H groups in total. The third kappa shape index (κ3) is 3.14. The fourth-order valence-corrected chi connectivity index (χ4v) is 4.31. The number of piperidine rings is 1. The van der Waals surface area contributed by atoms with E-state index in [0.717, 1.165) is 43.4 Å². The highest BCUT2D eigenvalue weighted by atomic mass is 15.2. The number of hydrogen-bond acceptors (Lipinski definition) is 4. The second kappa shape index (κ2) is 6.84. The number of pyridine rings is 2. The Labute approximate surface area is 160 Å². The molecule has 0 atom stereocenters. The molecule has 5 rings (SSSR count). The van der Waals surface area contributed by atoms with Crippen molar-refractivity contribution in [1.82, 2.24) is 9.97 Å². The average Bonchev–Trinajstić information content (AvgIpc) is 2.68. The standard InChI is InChI=1S/C23H26N4/c1-17-10-13-26(14-11-17)21-7-4-12-24-23(21)19-15-27(16-19)22-9-8-18-5-2-3-6-20(18)25-22/h2-9,12,17,19H,10-11,13-16H2,1H3. The van der Waals surface area contributed by atoms with Crippen LogP contribution in [0.5, 0.6) is 0 Å². The first-order valence-electron chi connectivity index (χ1n) is 10.1. The molecule has 0 unspecified atom stereocenters. The predicted molar refractivity (Wildman–Crippen MR) is 112 cm³/mol. The summed E-state index contributed by atoms with van der Waals surface area (Å²) >= 11 is 0. The summed E-state index contributed by atoms with van der Waals surface area (Å²) in [6.07, 6.45) is 4.51. The van der Waals surface area contributed by atoms with E-state index >= 15 is 0 Å². The van der Waals surface area contributed by atoms with Gasteiger partial charge in [-0.2, -0.15) is 0 Å². The number of aromatic nitrogens is 2. The van der Waals surface area contributed by atoms with Gasteiger partial charge in [0.15, 0.2) is 0 Å². The maximum Gasteiger partial charge on any atom is 0.129 e. The van der Waals surface area contributed by atoms with Crippen molar-refractivity contribution in [2.45, 2.75) is 25.7 Å². The van der Waals surface area contributed by atoms with Gasteiger partial charge in [0.05, 0.1) is 16.9 Å². The van der Waals surface area contributed by atoms with Gasteiger partial charge < -0.3 is 9.80 Å². The topological polar surface area (TPSA) is 32.3 Å². The summed E-state index contributed by atoms with van der Waals surface area (Å²) in [5.74, 6) is 2.42. The van der Waals surface area contributed by atoms with Gasteiger partial charge in [0.1, 0.15) is 5.82 Å². The van der Waals surface area contributed by atoms with Gasteiger partial charge in [0.2, 0.25) is 0 Å². The minimum Gasteiger partial charge on any atom is -0.370 e. The highest BCUT2D eigenvalue weighted by molar-refractivity contribution is 5.80. The van der Waals surface area contributed by atoms with E-state index in [1.165, 1.54) is 29.6 Å². The number of nitrogens with zero attached hydrogens (tertiary/aromatic N) is 4. The van der Waals surface area contributed by atoms with Gasteiger partial charge >= 0.3 is 0 Å². The van der Waals surface area contributed by atoms with Gasteiger partial charge in [-0.25, -0.2) is 4.98 Å². The Morgan fingerprint density at radius 2 is 1.70 bits per heavy atom. The molecule has 0 amide bonds. The molecule has 27 heavy (non-hydrogen) atoms. The molecule has 2 fully saturated rings. The van der Waals surface area contributed by atoms with Crippen molar-refractivity contribution in [3.05, 3.63) is 60.4 Å². The Morgan fingerprint density at radius 3 is 2.56 bits per heavy atom. The molecule has 2 aliphatic rings. The van der Waals surface area contributed by atoms with Crippen molar-refractivity contribution in [1.29, 1.82) is 0 Å². The van der Waals surface area contributed by atoms with Gasteiger partial charge in [0, 0.05) is 43.7 Å². The van der Waals surface area contributed by atoms with E-state index in [4.69, 9.17) is 9.97 Å². The number of benzene rings is 1. The molecule has 2 aliphatic heterocycles. The van der Waals surface area contributed by atoms with E-state index in [1.54, 1.807) is 0 Å². The van der Waals surface area contributed by atoms with Crippen molar-refractivity contribution in [2.75, 3.05) is 36.0 Å². The van der Waals surface area contributed by atoms with Gasteiger partial charge in [0.25, 0.3) is 0 Å². The van der Waals surface area contributed by atoms with Gasteiger partial charge in [-0.1, -0.05) is 25.1 Å². The summed E-state index contributed by atoms with van der Waals surface area (Å²) in [6, 6.07) is 17.0. The minimum atomic E-state index is 0.494. The normalized spacial score (nSPS) is 18.7. The Hall–Kier alpha value is -2.62. The van der Waals surface area contributed by atoms with Crippen LogP contribution in [-0.2, 0) is 0 Å². The lowest BCUT2D eigenvalue weighted by Crippen LogP contribution is -2.46. The van der Waals surface area contributed by atoms with E-state index in [-0.39, 0.29) is 0 Å². The number of hydrogen-bond donors (Lipinski definition) is 0. The molecule has 0 saturated carbocycles. The zero-order valence-electron chi connectivity index (χ0n) is 15.9. The fourth-order valence-electron chi connectivity index (χ4n) is 4.31. The van der Waals surface area contributed by atoms with Gasteiger partial charge in [-0.05, 0) is 49.1 Å². The van der Waals surface area contributed by atoms with Crippen molar-refractivity contribution in [3.63, 3.8) is 0 Å². The molecule has 4 nitrogen and oxygen atoms in total. The smallest absolute Gasteiger partial charge is 0.129 e. The number of rotatable bonds is 3. The Bertz CT molecular complexity index is 940. The molecular formula is C23H26N4. The molecule has 0 radical (unpaired) electrons. The van der Waals surface area contributed by atoms with Crippen LogP contribution in [0, 0.1) is 5.92 Å². The lowest BCUT2D eigenvalue weighted by molar-refractivity contribution is 0.435. The summed E-state index contributed by atoms with van der Waals surface area (Å²) < 4.78 is 0. The predicted octanol–water partition coefficient (Wildman–Crippen LogP) is 4.47. The van der Waals surface area contributed by atoms with Gasteiger partial charge in [-0.3, -0.25) is 4.98 Å². The third-order valence-electron chi connectivity index (χ3n) is 6.12. The van der Waals surface area contributed by atoms with Crippen LogP contribution in [0.25, 0.3) is 10.9 Å². The second-order valence-electron chi connectivity index (χ2n) is 8.04. The molecule has 0 spiro atoms. The minimum absolute atomic E-state index is 0.494. The Morgan fingerprint density at radius 1 is 0.889 bits per heavy atom. The molecule has 1 aromatic carbocycles. The largest absolute Gasteiger partial charge is 0.370 e. The zero-order valence-corrected chi connectivity index (χ0v) is 15.9. The fraction of sp³-hybridized carbons (Fsp3) is 0.391. The van der Waals surface area contributed by atoms with Crippen LogP contribution in [0.3, 0.4) is 0 Å². The van der Waals surface area contributed by atoms with Crippen LogP contribution >= 0.6 is 0 Å². The molecular weight excluding hydrogens is 332 g/mol. The van der Waals surface area contributed by atoms with Crippen LogP contribution in [0.1, 0.15) is 31.4 Å². The van der Waals surface area contributed by atoms with Crippen molar-refractivity contribution in [2.24, 2.45) is 5.92 Å². The summed E-state index contributed by atoms with van der Waals surface area (Å²) in [5, 5.41) is 1.20. The molecule has 2 aromatic heterocycles. The Kier molecular flexibility index (Phi) is 4.19. The average molecular weight is 358 g/mol. The molecule has 3 aromatic rings. The summed E-state index contributed by atoms with van der Waals surface area (Å²) in [5.41, 5.74) is 3.68. The van der Waals surface area contributed by atoms with Crippen LogP contribution in [0.4, 0.5) is 11.5 Å². The van der Waals surface area contributed by atoms with Crippen LogP contribution < -0.4 is 9.80 Å². The van der Waals surface area contributed by atoms with Crippen molar-refractivity contribution in [3.8, 4) is 0 Å². The number of anilines is 2. The van der Waals surface area contributed by atoms with Crippen LogP contribution in [0.2, 0.25) is 0 Å². The summed E-state index contributed by atoms with van der Waals surface area (Å²) in [7, 11) is 0. The zero-order chi connectivity index (χ0) is 18.2. The maximum atomic E-state index is 4.84. The first kappa shape index (κ1) is 16.5. The van der Waals surface area contributed by atoms with E-state index in [2.05, 4.69) is 65.3 Å². The highest BCUT2D eigenvalue weighted by Gasteiger charge is 2.33. The lowest BCUT2D eigenvalue weighted by Gasteiger charge is -2.42. The lowest BCUT2D eigenvalue weighted by atomic mass is 9.92. The van der Waals surface area contributed by atoms with Gasteiger partial charge in [-0.15, -0.1) is 0 Å². The monoisotopic (exact) mass is 358 g/mol. The second-order valence-corrected chi connectivity index (χ2v) is 8.04. The molecule has 4 heteroatoms. The molecule has 4 heterocycles. The summed E-state index contributed by atoms with van der Waals surface area (Å²) in [4.78, 5) is 14.5. The number of para-hydroxylation sites is 1. The Balaban J connectivity index is 1.33. The van der Waals surface area contributed by atoms with E-state index in [0.29, 0.717) is 5.92 Å². The highest BCUT2D eigenvalue weighted by Crippen LogP contribution is 2.36. The van der Waals surface area contributed by atoms with Crippen molar-refractivity contribution < 1.29 is 0 Å². The van der Waals surface area contributed by atoms with Crippen molar-refractivity contribution >= 4 is 22.4 Å². The molecule has 0 aliphatic carbocycles. The van der Waals surface area contributed by atoms with Crippen LogP contribution in [-0.4, -0.2) is 36.1 Å². The number of fused-ring (bicyclic) bond motifs is 1. The van der Waals surface area contributed by atoms with E-state index in [9.17, 15) is 0 Å². The summed E-state index contributed by atoms with van der Waals surface area (Å²) in [6.45, 7) is 6.67. The van der Waals surface area contributed by atoms with E-state index in [1.807, 2.05) is 6.20 Å². The first-order chi connectivity index (χ1) is 13.3. The first-order valence-corrected chi connectivity index (χ1v) is 10.1. The third-order valence-corrected chi connectivity index (χ3v) is 6.12. The quantitative estimate of drug-likeness (QED) is 0.691.